The third-order valence-corrected chi connectivity index (χ3v) is 3.17. The summed E-state index contributed by atoms with van der Waals surface area (Å²) < 4.78 is 10.7. The number of rotatable bonds is 6. The van der Waals surface area contributed by atoms with E-state index in [1.807, 2.05) is 43.0 Å². The second-order valence-corrected chi connectivity index (χ2v) is 4.48. The highest BCUT2D eigenvalue weighted by molar-refractivity contribution is 7.80. The molecule has 20 heavy (non-hydrogen) atoms. The van der Waals surface area contributed by atoms with Crippen molar-refractivity contribution < 1.29 is 14.3 Å². The fraction of sp³-hybridized carbons (Fsp3) is 0.467. The van der Waals surface area contributed by atoms with Crippen molar-refractivity contribution in [2.75, 3.05) is 19.7 Å². The maximum absolute atomic E-state index is 11.6. The Hall–Kier alpha value is -1.62. The van der Waals surface area contributed by atoms with Crippen LogP contribution in [0.25, 0.3) is 0 Å². The number of hydrogen-bond donors (Lipinski definition) is 0. The van der Waals surface area contributed by atoms with Crippen molar-refractivity contribution in [2.24, 2.45) is 0 Å². The third kappa shape index (κ3) is 4.81. The largest absolute Gasteiger partial charge is 0.466 e. The lowest BCUT2D eigenvalue weighted by Crippen LogP contribution is -2.33. The van der Waals surface area contributed by atoms with Gasteiger partial charge in [0, 0.05) is 18.7 Å². The summed E-state index contributed by atoms with van der Waals surface area (Å²) in [6.07, 6.45) is 0.185. The molecule has 0 N–H and O–H groups in total. The van der Waals surface area contributed by atoms with Crippen molar-refractivity contribution in [2.45, 2.75) is 27.2 Å². The smallest absolute Gasteiger partial charge is 0.310 e. The summed E-state index contributed by atoms with van der Waals surface area (Å²) in [5.74, 6) is 0.342. The molecule has 4 nitrogen and oxygen atoms in total. The van der Waals surface area contributed by atoms with Crippen LogP contribution in [0.5, 0.6) is 5.75 Å². The summed E-state index contributed by atoms with van der Waals surface area (Å²) in [7, 11) is 0. The second-order valence-electron chi connectivity index (χ2n) is 4.13. The lowest BCUT2D eigenvalue weighted by atomic mass is 10.1. The number of esters is 1. The molecule has 1 aromatic rings. The monoisotopic (exact) mass is 295 g/mol. The third-order valence-electron chi connectivity index (χ3n) is 2.83. The molecule has 0 spiro atoms. The molecular weight excluding hydrogens is 274 g/mol. The van der Waals surface area contributed by atoms with Crippen LogP contribution in [0.4, 0.5) is 0 Å². The Kier molecular flexibility index (Phi) is 7.01. The Balaban J connectivity index is 2.80. The number of nitrogens with zero attached hydrogens (tertiary/aromatic N) is 1. The van der Waals surface area contributed by atoms with Gasteiger partial charge in [0.25, 0.3) is 5.17 Å². The van der Waals surface area contributed by atoms with Gasteiger partial charge in [-0.05, 0) is 39.1 Å². The van der Waals surface area contributed by atoms with Crippen LogP contribution in [0, 0.1) is 0 Å². The van der Waals surface area contributed by atoms with Crippen LogP contribution in [-0.2, 0) is 16.0 Å². The maximum Gasteiger partial charge on any atom is 0.310 e. The van der Waals surface area contributed by atoms with Gasteiger partial charge in [0.1, 0.15) is 5.75 Å². The summed E-state index contributed by atoms with van der Waals surface area (Å²) in [6, 6.07) is 7.37. The van der Waals surface area contributed by atoms with E-state index >= 15 is 0 Å². The van der Waals surface area contributed by atoms with Gasteiger partial charge >= 0.3 is 5.97 Å². The number of carbonyl (C=O) groups is 1. The van der Waals surface area contributed by atoms with Gasteiger partial charge < -0.3 is 14.4 Å². The van der Waals surface area contributed by atoms with Gasteiger partial charge in [0.15, 0.2) is 0 Å². The molecule has 0 aliphatic rings. The molecule has 0 saturated heterocycles. The van der Waals surface area contributed by atoms with E-state index < -0.39 is 0 Å². The van der Waals surface area contributed by atoms with Crippen LogP contribution in [0.1, 0.15) is 26.3 Å². The molecular formula is C15H21NO3S. The Bertz CT molecular complexity index is 458. The minimum absolute atomic E-state index is 0.185. The zero-order valence-corrected chi connectivity index (χ0v) is 13.0. The number of carbonyl (C=O) groups excluding carboxylic acids is 1. The Morgan fingerprint density at radius 3 is 2.45 bits per heavy atom. The molecule has 0 amide bonds. The minimum Gasteiger partial charge on any atom is -0.466 e. The van der Waals surface area contributed by atoms with Crippen molar-refractivity contribution in [3.05, 3.63) is 29.8 Å². The molecule has 0 aliphatic carbocycles. The van der Waals surface area contributed by atoms with Crippen LogP contribution in [-0.4, -0.2) is 35.7 Å². The summed E-state index contributed by atoms with van der Waals surface area (Å²) in [5, 5.41) is 0.423. The van der Waals surface area contributed by atoms with Crippen LogP contribution in [0.3, 0.4) is 0 Å². The maximum atomic E-state index is 11.6. The van der Waals surface area contributed by atoms with Crippen molar-refractivity contribution in [3.8, 4) is 5.75 Å². The quantitative estimate of drug-likeness (QED) is 0.596. The highest BCUT2D eigenvalue weighted by Gasteiger charge is 2.13. The van der Waals surface area contributed by atoms with Crippen molar-refractivity contribution in [3.63, 3.8) is 0 Å². The van der Waals surface area contributed by atoms with E-state index in [1.165, 1.54) is 0 Å². The number of para-hydroxylation sites is 1. The van der Waals surface area contributed by atoms with Gasteiger partial charge in [0.05, 0.1) is 13.0 Å². The summed E-state index contributed by atoms with van der Waals surface area (Å²) >= 11 is 5.27. The molecule has 110 valence electrons. The first-order chi connectivity index (χ1) is 9.62. The van der Waals surface area contributed by atoms with Gasteiger partial charge in [-0.2, -0.15) is 0 Å². The second kappa shape index (κ2) is 8.53. The zero-order chi connectivity index (χ0) is 15.0. The topological polar surface area (TPSA) is 38.8 Å². The molecule has 1 aromatic carbocycles. The van der Waals surface area contributed by atoms with Crippen LogP contribution in [0.2, 0.25) is 0 Å². The molecule has 0 heterocycles. The summed E-state index contributed by atoms with van der Waals surface area (Å²) in [5.41, 5.74) is 0.778. The minimum atomic E-state index is -0.266. The van der Waals surface area contributed by atoms with Gasteiger partial charge in [-0.25, -0.2) is 0 Å². The van der Waals surface area contributed by atoms with Crippen LogP contribution >= 0.6 is 12.2 Å². The van der Waals surface area contributed by atoms with E-state index in [1.54, 1.807) is 6.92 Å². The van der Waals surface area contributed by atoms with E-state index in [9.17, 15) is 4.79 Å². The van der Waals surface area contributed by atoms with E-state index in [-0.39, 0.29) is 12.4 Å². The Morgan fingerprint density at radius 1 is 1.20 bits per heavy atom. The molecule has 0 fully saturated rings. The van der Waals surface area contributed by atoms with Gasteiger partial charge in [-0.3, -0.25) is 4.79 Å². The lowest BCUT2D eigenvalue weighted by molar-refractivity contribution is -0.142. The zero-order valence-electron chi connectivity index (χ0n) is 12.2. The molecule has 0 bridgehead atoms. The highest BCUT2D eigenvalue weighted by Crippen LogP contribution is 2.20. The van der Waals surface area contributed by atoms with E-state index in [0.717, 1.165) is 18.7 Å². The van der Waals surface area contributed by atoms with Crippen LogP contribution < -0.4 is 4.74 Å². The summed E-state index contributed by atoms with van der Waals surface area (Å²) in [6.45, 7) is 7.77. The molecule has 0 aliphatic heterocycles. The number of hydrogen-bond acceptors (Lipinski definition) is 4. The normalized spacial score (nSPS) is 9.95. The predicted octanol–water partition coefficient (Wildman–Crippen LogP) is 2.80. The average molecular weight is 295 g/mol. The first kappa shape index (κ1) is 16.4. The fourth-order valence-corrected chi connectivity index (χ4v) is 2.11. The van der Waals surface area contributed by atoms with E-state index in [2.05, 4.69) is 0 Å². The standard InChI is InChI=1S/C15H21NO3S/c1-4-16(5-2)15(20)19-13-10-8-7-9-12(13)11-14(17)18-6-3/h7-10H,4-6,11H2,1-3H3. The van der Waals surface area contributed by atoms with Gasteiger partial charge in [-0.15, -0.1) is 0 Å². The molecule has 0 unspecified atom stereocenters. The SMILES string of the molecule is CCOC(=O)Cc1ccccc1OC(=S)N(CC)CC. The molecule has 0 saturated carbocycles. The van der Waals surface area contributed by atoms with E-state index in [4.69, 9.17) is 21.7 Å². The molecule has 0 radical (unpaired) electrons. The molecule has 0 aromatic heterocycles. The summed E-state index contributed by atoms with van der Waals surface area (Å²) in [4.78, 5) is 13.5. The Labute approximate surface area is 125 Å². The number of thiocarbonyl (C=S) groups is 1. The van der Waals surface area contributed by atoms with Crippen molar-refractivity contribution >= 4 is 23.4 Å². The predicted molar refractivity (Wildman–Crippen MR) is 82.9 cm³/mol. The Morgan fingerprint density at radius 2 is 1.85 bits per heavy atom. The van der Waals surface area contributed by atoms with Gasteiger partial charge in [0.2, 0.25) is 0 Å². The van der Waals surface area contributed by atoms with Crippen LogP contribution in [0.15, 0.2) is 24.3 Å². The van der Waals surface area contributed by atoms with Crippen molar-refractivity contribution in [1.29, 1.82) is 0 Å². The highest BCUT2D eigenvalue weighted by atomic mass is 32.1. The average Bonchev–Trinajstić information content (AvgIpc) is 2.42. The first-order valence-corrected chi connectivity index (χ1v) is 7.23. The van der Waals surface area contributed by atoms with Crippen molar-refractivity contribution in [1.82, 2.24) is 4.90 Å². The van der Waals surface area contributed by atoms with Gasteiger partial charge in [-0.1, -0.05) is 18.2 Å². The molecule has 1 rings (SSSR count). The first-order valence-electron chi connectivity index (χ1n) is 6.82. The molecule has 5 heteroatoms. The fourth-order valence-electron chi connectivity index (χ4n) is 1.76. The lowest BCUT2D eigenvalue weighted by Gasteiger charge is -2.22. The number of benzene rings is 1. The molecule has 0 atom stereocenters. The number of ether oxygens (including phenoxy) is 2. The van der Waals surface area contributed by atoms with E-state index in [0.29, 0.717) is 17.5 Å².